The third-order valence-electron chi connectivity index (χ3n) is 3.57. The molecule has 5 nitrogen and oxygen atoms in total. The largest absolute Gasteiger partial charge is 0.481 e. The van der Waals surface area contributed by atoms with E-state index in [2.05, 4.69) is 5.10 Å². The number of nitrogens with two attached hydrogens (primary N) is 1. The molecule has 88 valence electrons. The van der Waals surface area contributed by atoms with Gasteiger partial charge in [0.1, 0.15) is 0 Å². The van der Waals surface area contributed by atoms with E-state index in [0.717, 1.165) is 11.1 Å². The predicted octanol–water partition coefficient (Wildman–Crippen LogP) is 0.778. The van der Waals surface area contributed by atoms with Crippen molar-refractivity contribution in [3.8, 4) is 0 Å². The molecule has 1 aliphatic rings. The van der Waals surface area contributed by atoms with E-state index >= 15 is 0 Å². The van der Waals surface area contributed by atoms with Crippen LogP contribution in [0.1, 0.15) is 18.4 Å². The number of aliphatic carboxylic acids is 1. The van der Waals surface area contributed by atoms with Gasteiger partial charge in [0.2, 0.25) is 0 Å². The lowest BCUT2D eigenvalue weighted by Crippen LogP contribution is -2.54. The summed E-state index contributed by atoms with van der Waals surface area (Å²) in [6, 6.07) is 5.61. The Balaban J connectivity index is 2.17. The van der Waals surface area contributed by atoms with Gasteiger partial charge in [0.15, 0.2) is 0 Å². The average Bonchev–Trinajstić information content (AvgIpc) is 2.68. The van der Waals surface area contributed by atoms with Gasteiger partial charge in [-0.3, -0.25) is 4.79 Å². The topological polar surface area (TPSA) is 80.6 Å². The van der Waals surface area contributed by atoms with E-state index in [1.165, 1.54) is 0 Å². The molecular formula is C12H13N3O2. The first-order valence-electron chi connectivity index (χ1n) is 5.55. The lowest BCUT2D eigenvalue weighted by Gasteiger charge is -2.42. The van der Waals surface area contributed by atoms with Gasteiger partial charge in [0.05, 0.1) is 17.1 Å². The van der Waals surface area contributed by atoms with Crippen LogP contribution in [0.15, 0.2) is 30.6 Å². The maximum absolute atomic E-state index is 11.5. The van der Waals surface area contributed by atoms with Crippen LogP contribution >= 0.6 is 0 Å². The fourth-order valence-corrected chi connectivity index (χ4v) is 2.65. The summed E-state index contributed by atoms with van der Waals surface area (Å²) in [6.07, 6.45) is 4.43. The molecule has 0 aliphatic heterocycles. The maximum Gasteiger partial charge on any atom is 0.314 e. The molecule has 0 amide bonds. The highest BCUT2D eigenvalue weighted by Gasteiger charge is 2.51. The summed E-state index contributed by atoms with van der Waals surface area (Å²) in [5.41, 5.74) is 6.53. The summed E-state index contributed by atoms with van der Waals surface area (Å²) in [5, 5.41) is 13.6. The van der Waals surface area contributed by atoms with Gasteiger partial charge in [-0.25, -0.2) is 4.52 Å². The van der Waals surface area contributed by atoms with Gasteiger partial charge in [-0.1, -0.05) is 6.07 Å². The molecule has 0 atom stereocenters. The van der Waals surface area contributed by atoms with Crippen LogP contribution in [0.2, 0.25) is 0 Å². The van der Waals surface area contributed by atoms with Gasteiger partial charge >= 0.3 is 5.97 Å². The van der Waals surface area contributed by atoms with E-state index in [-0.39, 0.29) is 6.04 Å². The number of hydrogen-bond donors (Lipinski definition) is 2. The molecule has 1 saturated carbocycles. The van der Waals surface area contributed by atoms with Crippen molar-refractivity contribution in [3.05, 3.63) is 36.2 Å². The fourth-order valence-electron chi connectivity index (χ4n) is 2.65. The fraction of sp³-hybridized carbons (Fsp3) is 0.333. The number of carboxylic acids is 1. The normalized spacial score (nSPS) is 27.9. The van der Waals surface area contributed by atoms with Crippen molar-refractivity contribution in [1.82, 2.24) is 9.61 Å². The van der Waals surface area contributed by atoms with Crippen molar-refractivity contribution in [2.45, 2.75) is 24.3 Å². The molecule has 2 aromatic heterocycles. The molecule has 1 fully saturated rings. The van der Waals surface area contributed by atoms with Crippen LogP contribution in [0.5, 0.6) is 0 Å². The number of aromatic nitrogens is 2. The molecule has 0 spiro atoms. The summed E-state index contributed by atoms with van der Waals surface area (Å²) >= 11 is 0. The van der Waals surface area contributed by atoms with E-state index in [9.17, 15) is 9.90 Å². The van der Waals surface area contributed by atoms with E-state index in [1.807, 2.05) is 24.4 Å². The Morgan fingerprint density at radius 2 is 2.29 bits per heavy atom. The molecule has 2 heterocycles. The first-order chi connectivity index (χ1) is 8.13. The number of hydrogen-bond acceptors (Lipinski definition) is 3. The summed E-state index contributed by atoms with van der Waals surface area (Å²) in [6.45, 7) is 0. The molecule has 2 aromatic rings. The van der Waals surface area contributed by atoms with E-state index in [0.29, 0.717) is 12.8 Å². The number of nitrogens with zero attached hydrogens (tertiary/aromatic N) is 2. The molecule has 3 rings (SSSR count). The second-order valence-corrected chi connectivity index (χ2v) is 4.64. The molecule has 5 heteroatoms. The van der Waals surface area contributed by atoms with Gasteiger partial charge < -0.3 is 10.8 Å². The molecule has 17 heavy (non-hydrogen) atoms. The Labute approximate surface area is 97.9 Å². The zero-order chi connectivity index (χ0) is 12.0. The van der Waals surface area contributed by atoms with Crippen LogP contribution in [-0.4, -0.2) is 26.7 Å². The average molecular weight is 231 g/mol. The highest BCUT2D eigenvalue weighted by atomic mass is 16.4. The summed E-state index contributed by atoms with van der Waals surface area (Å²) in [7, 11) is 0. The van der Waals surface area contributed by atoms with E-state index in [4.69, 9.17) is 5.73 Å². The standard InChI is InChI=1S/C12H13N3O2/c13-8-5-12(6-8,11(16)17)9-7-14-15-4-2-1-3-10(9)15/h1-4,7-8H,5-6,13H2,(H,16,17). The zero-order valence-electron chi connectivity index (χ0n) is 9.21. The van der Waals surface area contributed by atoms with Crippen LogP contribution < -0.4 is 5.73 Å². The molecule has 0 radical (unpaired) electrons. The van der Waals surface area contributed by atoms with Gasteiger partial charge in [-0.05, 0) is 25.0 Å². The van der Waals surface area contributed by atoms with Crippen LogP contribution in [0.25, 0.3) is 5.52 Å². The molecule has 0 aromatic carbocycles. The minimum atomic E-state index is -0.845. The Hall–Kier alpha value is -1.88. The van der Waals surface area contributed by atoms with Gasteiger partial charge in [0.25, 0.3) is 0 Å². The van der Waals surface area contributed by atoms with Crippen molar-refractivity contribution >= 4 is 11.5 Å². The Morgan fingerprint density at radius 3 is 2.94 bits per heavy atom. The maximum atomic E-state index is 11.5. The molecule has 3 N–H and O–H groups in total. The van der Waals surface area contributed by atoms with Crippen LogP contribution in [-0.2, 0) is 10.2 Å². The summed E-state index contributed by atoms with van der Waals surface area (Å²) in [4.78, 5) is 11.5. The zero-order valence-corrected chi connectivity index (χ0v) is 9.21. The van der Waals surface area contributed by atoms with E-state index in [1.54, 1.807) is 10.7 Å². The second kappa shape index (κ2) is 3.30. The Bertz CT molecular complexity index is 584. The van der Waals surface area contributed by atoms with Gasteiger partial charge in [-0.15, -0.1) is 0 Å². The van der Waals surface area contributed by atoms with Crippen LogP contribution in [0, 0.1) is 0 Å². The summed E-state index contributed by atoms with van der Waals surface area (Å²) in [5.74, 6) is -0.807. The first kappa shape index (κ1) is 10.3. The lowest BCUT2D eigenvalue weighted by atomic mass is 9.62. The van der Waals surface area contributed by atoms with Crippen molar-refractivity contribution < 1.29 is 9.90 Å². The predicted molar refractivity (Wildman–Crippen MR) is 61.7 cm³/mol. The van der Waals surface area contributed by atoms with Gasteiger partial charge in [0, 0.05) is 17.8 Å². The minimum Gasteiger partial charge on any atom is -0.481 e. The minimum absolute atomic E-state index is 0.0234. The number of pyridine rings is 1. The van der Waals surface area contributed by atoms with Crippen molar-refractivity contribution in [3.63, 3.8) is 0 Å². The molecule has 0 bridgehead atoms. The second-order valence-electron chi connectivity index (χ2n) is 4.64. The molecule has 1 aliphatic carbocycles. The first-order valence-corrected chi connectivity index (χ1v) is 5.55. The highest BCUT2D eigenvalue weighted by Crippen LogP contribution is 2.44. The van der Waals surface area contributed by atoms with Crippen LogP contribution in [0.4, 0.5) is 0 Å². The Morgan fingerprint density at radius 1 is 1.53 bits per heavy atom. The van der Waals surface area contributed by atoms with Gasteiger partial charge in [-0.2, -0.15) is 5.10 Å². The third kappa shape index (κ3) is 1.29. The van der Waals surface area contributed by atoms with Crippen LogP contribution in [0.3, 0.4) is 0 Å². The highest BCUT2D eigenvalue weighted by molar-refractivity contribution is 5.86. The number of carbonyl (C=O) groups is 1. The van der Waals surface area contributed by atoms with E-state index < -0.39 is 11.4 Å². The quantitative estimate of drug-likeness (QED) is 0.800. The monoisotopic (exact) mass is 231 g/mol. The smallest absolute Gasteiger partial charge is 0.314 e. The number of carboxylic acid groups (broad SMARTS) is 1. The summed E-state index contributed by atoms with van der Waals surface area (Å²) < 4.78 is 1.70. The van der Waals surface area contributed by atoms with Crippen molar-refractivity contribution in [1.29, 1.82) is 0 Å². The molecular weight excluding hydrogens is 218 g/mol. The van der Waals surface area contributed by atoms with Crippen molar-refractivity contribution in [2.24, 2.45) is 5.73 Å². The third-order valence-corrected chi connectivity index (χ3v) is 3.57. The Kier molecular flexibility index (Phi) is 2.00. The lowest BCUT2D eigenvalue weighted by molar-refractivity contribution is -0.148. The molecule has 0 unspecified atom stereocenters. The number of rotatable bonds is 2. The molecule has 0 saturated heterocycles. The SMILES string of the molecule is NC1CC(C(=O)O)(c2cnn3ccccc23)C1. The van der Waals surface area contributed by atoms with Crippen molar-refractivity contribution in [2.75, 3.05) is 0 Å². The number of fused-ring (bicyclic) bond motifs is 1.